The van der Waals surface area contributed by atoms with Crippen molar-refractivity contribution in [3.63, 3.8) is 0 Å². The quantitative estimate of drug-likeness (QED) is 0.173. The van der Waals surface area contributed by atoms with Gasteiger partial charge in [0, 0.05) is 67.1 Å². The predicted octanol–water partition coefficient (Wildman–Crippen LogP) is 17.6. The summed E-state index contributed by atoms with van der Waals surface area (Å²) in [6.07, 6.45) is 1.93. The van der Waals surface area contributed by atoms with Gasteiger partial charge >= 0.3 is 0 Å². The zero-order chi connectivity index (χ0) is 50.5. The van der Waals surface area contributed by atoms with E-state index in [4.69, 9.17) is 9.97 Å². The number of imidazole rings is 1. The molecule has 6 nitrogen and oxygen atoms in total. The van der Waals surface area contributed by atoms with E-state index < -0.39 is 0 Å². The molecule has 0 saturated heterocycles. The highest BCUT2D eigenvalue weighted by molar-refractivity contribution is 6.14. The lowest BCUT2D eigenvalue weighted by molar-refractivity contribution is 0.446. The Balaban J connectivity index is 1.00. The third kappa shape index (κ3) is 7.31. The Morgan fingerprint density at radius 1 is 0.392 bits per heavy atom. The summed E-state index contributed by atoms with van der Waals surface area (Å²) in [5, 5.41) is 17.3. The monoisotopic (exact) mass is 957 g/mol. The Kier molecular flexibility index (Phi) is 10.4. The van der Waals surface area contributed by atoms with Gasteiger partial charge in [-0.15, -0.1) is 0 Å². The van der Waals surface area contributed by atoms with Crippen molar-refractivity contribution in [2.75, 3.05) is 0 Å². The van der Waals surface area contributed by atoms with E-state index in [1.165, 1.54) is 21.8 Å². The Labute approximate surface area is 431 Å². The SMILES string of the molecule is CC(C)(C)c1cc(-c2nc3c(-c4cccc(-c5cc(-c6cccc7c8ccccc8n(-c8ccccc8)c67)ccn5)c4)cccc3n2-c2ccc3c(c2)c2ccccc2n3-c2ccccc2)c(O)c(C(C)(C)C)c1. The lowest BCUT2D eigenvalue weighted by Gasteiger charge is -2.27. The van der Waals surface area contributed by atoms with E-state index in [0.29, 0.717) is 11.4 Å². The summed E-state index contributed by atoms with van der Waals surface area (Å²) in [5.41, 5.74) is 17.9. The highest BCUT2D eigenvalue weighted by atomic mass is 16.3. The molecule has 13 aromatic rings. The molecule has 0 bridgehead atoms. The van der Waals surface area contributed by atoms with Gasteiger partial charge in [-0.2, -0.15) is 0 Å². The third-order valence-corrected chi connectivity index (χ3v) is 14.9. The van der Waals surface area contributed by atoms with E-state index in [9.17, 15) is 5.11 Å². The minimum atomic E-state index is -0.334. The van der Waals surface area contributed by atoms with Gasteiger partial charge in [-0.25, -0.2) is 4.98 Å². The number of para-hydroxylation sites is 6. The van der Waals surface area contributed by atoms with Crippen LogP contribution in [0.1, 0.15) is 52.7 Å². The van der Waals surface area contributed by atoms with Crippen LogP contribution >= 0.6 is 0 Å². The van der Waals surface area contributed by atoms with E-state index in [2.05, 4.69) is 268 Å². The van der Waals surface area contributed by atoms with Crippen LogP contribution in [0, 0.1) is 0 Å². The van der Waals surface area contributed by atoms with Gasteiger partial charge < -0.3 is 14.2 Å². The molecule has 1 N–H and O–H groups in total. The first kappa shape index (κ1) is 44.9. The van der Waals surface area contributed by atoms with Crippen LogP contribution in [0.4, 0.5) is 0 Å². The van der Waals surface area contributed by atoms with Crippen LogP contribution in [0.15, 0.2) is 219 Å². The number of rotatable bonds is 7. The van der Waals surface area contributed by atoms with Gasteiger partial charge in [0.1, 0.15) is 11.6 Å². The van der Waals surface area contributed by atoms with E-state index in [1.54, 1.807) is 0 Å². The summed E-state index contributed by atoms with van der Waals surface area (Å²) < 4.78 is 6.99. The maximum absolute atomic E-state index is 12.6. The average molecular weight is 958 g/mol. The number of phenols is 1. The van der Waals surface area contributed by atoms with Crippen molar-refractivity contribution in [2.45, 2.75) is 52.4 Å². The molecule has 4 heterocycles. The Morgan fingerprint density at radius 2 is 0.973 bits per heavy atom. The van der Waals surface area contributed by atoms with Gasteiger partial charge in [-0.05, 0) is 112 Å². The number of pyridine rings is 1. The van der Waals surface area contributed by atoms with Crippen LogP contribution in [-0.4, -0.2) is 28.8 Å². The number of hydrogen-bond acceptors (Lipinski definition) is 3. The third-order valence-electron chi connectivity index (χ3n) is 14.9. The van der Waals surface area contributed by atoms with Crippen LogP contribution in [0.25, 0.3) is 117 Å². The van der Waals surface area contributed by atoms with Crippen LogP contribution in [0.2, 0.25) is 0 Å². The predicted molar refractivity (Wildman–Crippen MR) is 308 cm³/mol. The minimum absolute atomic E-state index is 0.193. The minimum Gasteiger partial charge on any atom is -0.507 e. The van der Waals surface area contributed by atoms with Crippen LogP contribution in [0.5, 0.6) is 5.75 Å². The first-order chi connectivity index (χ1) is 35.9. The molecule has 0 saturated carbocycles. The molecule has 0 aliphatic rings. The first-order valence-corrected chi connectivity index (χ1v) is 25.5. The molecule has 0 aliphatic carbocycles. The van der Waals surface area contributed by atoms with Crippen molar-refractivity contribution in [2.24, 2.45) is 0 Å². The van der Waals surface area contributed by atoms with Gasteiger partial charge in [0.05, 0.1) is 44.4 Å². The number of hydrogen-bond donors (Lipinski definition) is 1. The molecular weight excluding hydrogens is 903 g/mol. The van der Waals surface area contributed by atoms with Gasteiger partial charge in [-0.3, -0.25) is 9.55 Å². The van der Waals surface area contributed by atoms with Crippen LogP contribution in [0.3, 0.4) is 0 Å². The molecule has 0 amide bonds. The number of aromatic nitrogens is 5. The van der Waals surface area contributed by atoms with Gasteiger partial charge in [0.15, 0.2) is 0 Å². The normalized spacial score (nSPS) is 12.2. The van der Waals surface area contributed by atoms with Gasteiger partial charge in [0.2, 0.25) is 0 Å². The van der Waals surface area contributed by atoms with E-state index in [1.807, 2.05) is 6.20 Å². The van der Waals surface area contributed by atoms with Crippen molar-refractivity contribution < 1.29 is 5.11 Å². The lowest BCUT2D eigenvalue weighted by Crippen LogP contribution is -2.17. The van der Waals surface area contributed by atoms with E-state index in [0.717, 1.165) is 94.5 Å². The largest absolute Gasteiger partial charge is 0.507 e. The average Bonchev–Trinajstić information content (AvgIpc) is 4.10. The fourth-order valence-electron chi connectivity index (χ4n) is 11.2. The van der Waals surface area contributed by atoms with E-state index in [-0.39, 0.29) is 16.6 Å². The molecule has 0 unspecified atom stereocenters. The smallest absolute Gasteiger partial charge is 0.149 e. The Hall–Kier alpha value is -9.00. The second-order valence-electron chi connectivity index (χ2n) is 21.7. The number of nitrogens with zero attached hydrogens (tertiary/aromatic N) is 5. The summed E-state index contributed by atoms with van der Waals surface area (Å²) in [4.78, 5) is 10.7. The molecule has 0 fully saturated rings. The molecule has 4 aromatic heterocycles. The number of aromatic hydroxyl groups is 1. The summed E-state index contributed by atoms with van der Waals surface area (Å²) in [6, 6.07) is 75.6. The van der Waals surface area contributed by atoms with Crippen molar-refractivity contribution in [3.8, 4) is 67.7 Å². The van der Waals surface area contributed by atoms with Crippen molar-refractivity contribution in [3.05, 3.63) is 230 Å². The van der Waals surface area contributed by atoms with Gasteiger partial charge in [-0.1, -0.05) is 169 Å². The summed E-state index contributed by atoms with van der Waals surface area (Å²) in [5.74, 6) is 0.929. The highest BCUT2D eigenvalue weighted by Gasteiger charge is 2.29. The van der Waals surface area contributed by atoms with Crippen LogP contribution in [-0.2, 0) is 10.8 Å². The number of phenolic OH excluding ortho intramolecular Hbond substituents is 1. The molecule has 0 spiro atoms. The summed E-state index contributed by atoms with van der Waals surface area (Å²) in [6.45, 7) is 13.2. The first-order valence-electron chi connectivity index (χ1n) is 25.5. The topological polar surface area (TPSA) is 60.8 Å². The standard InChI is InChI=1S/C68H55N5O/c1-67(2,3)46-40-56(65(74)57(41-46)68(4,5)6)66-70-63-50(28-19-33-62(63)73(66)49-34-35-61-55(42-49)53-27-14-15-31-59(53)71(61)47-22-9-7-10-23-47)43-20-17-21-45(38-43)58-39-44(36-37-69-58)51-29-18-30-54-52-26-13-16-32-60(52)72(64(51)54)48-24-11-8-12-25-48/h7-42,74H,1-6H3. The maximum atomic E-state index is 12.6. The highest BCUT2D eigenvalue weighted by Crippen LogP contribution is 2.46. The Bertz CT molecular complexity index is 4330. The molecule has 6 heteroatoms. The maximum Gasteiger partial charge on any atom is 0.149 e. The number of benzene rings is 9. The molecule has 13 rings (SSSR count). The zero-order valence-electron chi connectivity index (χ0n) is 42.5. The van der Waals surface area contributed by atoms with Crippen molar-refractivity contribution >= 4 is 54.6 Å². The number of fused-ring (bicyclic) bond motifs is 7. The molecular formula is C68H55N5O. The van der Waals surface area contributed by atoms with Crippen LogP contribution < -0.4 is 0 Å². The van der Waals surface area contributed by atoms with E-state index >= 15 is 0 Å². The molecule has 0 atom stereocenters. The van der Waals surface area contributed by atoms with Gasteiger partial charge in [0.25, 0.3) is 0 Å². The fraction of sp³-hybridized carbons (Fsp3) is 0.118. The molecule has 0 aliphatic heterocycles. The summed E-state index contributed by atoms with van der Waals surface area (Å²) >= 11 is 0. The zero-order valence-corrected chi connectivity index (χ0v) is 42.5. The molecule has 0 radical (unpaired) electrons. The second kappa shape index (κ2) is 17.1. The second-order valence-corrected chi connectivity index (χ2v) is 21.7. The van der Waals surface area contributed by atoms with Crippen molar-refractivity contribution in [1.82, 2.24) is 23.7 Å². The lowest BCUT2D eigenvalue weighted by atomic mass is 9.79. The fourth-order valence-corrected chi connectivity index (χ4v) is 11.2. The summed E-state index contributed by atoms with van der Waals surface area (Å²) in [7, 11) is 0. The molecule has 358 valence electrons. The van der Waals surface area contributed by atoms with Crippen molar-refractivity contribution in [1.29, 1.82) is 0 Å². The molecule has 9 aromatic carbocycles. The Morgan fingerprint density at radius 3 is 1.70 bits per heavy atom. The molecule has 74 heavy (non-hydrogen) atoms.